The maximum Gasteiger partial charge on any atom is 0.310 e. The van der Waals surface area contributed by atoms with Gasteiger partial charge in [-0.05, 0) is 13.0 Å². The minimum atomic E-state index is -0.360. The molecule has 0 radical (unpaired) electrons. The van der Waals surface area contributed by atoms with E-state index in [1.807, 2.05) is 0 Å². The molecule has 4 nitrogen and oxygen atoms in total. The lowest BCUT2D eigenvalue weighted by Gasteiger charge is -2.07. The summed E-state index contributed by atoms with van der Waals surface area (Å²) in [4.78, 5) is 11.2. The Labute approximate surface area is 88.4 Å². The van der Waals surface area contributed by atoms with Gasteiger partial charge in [-0.25, -0.2) is 0 Å². The first-order valence-electron chi connectivity index (χ1n) is 4.69. The predicted octanol–water partition coefficient (Wildman–Crippen LogP) is 1.51. The summed E-state index contributed by atoms with van der Waals surface area (Å²) < 4.78 is 9.71. The van der Waals surface area contributed by atoms with Crippen LogP contribution in [0.3, 0.4) is 0 Å². The van der Waals surface area contributed by atoms with Crippen molar-refractivity contribution >= 4 is 5.97 Å². The van der Waals surface area contributed by atoms with Crippen LogP contribution in [0.5, 0.6) is 11.5 Å². The number of hydrogen-bond donors (Lipinski definition) is 1. The van der Waals surface area contributed by atoms with E-state index in [0.29, 0.717) is 17.9 Å². The van der Waals surface area contributed by atoms with Gasteiger partial charge in [-0.2, -0.15) is 0 Å². The van der Waals surface area contributed by atoms with E-state index in [2.05, 4.69) is 0 Å². The maximum atomic E-state index is 11.2. The van der Waals surface area contributed by atoms with E-state index >= 15 is 0 Å². The minimum absolute atomic E-state index is 0.00643. The van der Waals surface area contributed by atoms with E-state index in [0.717, 1.165) is 0 Å². The van der Waals surface area contributed by atoms with Crippen LogP contribution in [0.1, 0.15) is 12.5 Å². The highest BCUT2D eigenvalue weighted by atomic mass is 16.5. The number of ether oxygens (including phenoxy) is 2. The molecule has 0 amide bonds. The van der Waals surface area contributed by atoms with Crippen LogP contribution in [0, 0.1) is 0 Å². The first kappa shape index (κ1) is 11.4. The van der Waals surface area contributed by atoms with Crippen molar-refractivity contribution < 1.29 is 19.4 Å². The van der Waals surface area contributed by atoms with Crippen molar-refractivity contribution in [2.75, 3.05) is 13.7 Å². The number of hydrogen-bond acceptors (Lipinski definition) is 4. The lowest BCUT2D eigenvalue weighted by Crippen LogP contribution is -2.07. The summed E-state index contributed by atoms with van der Waals surface area (Å²) in [5, 5.41) is 9.67. The summed E-state index contributed by atoms with van der Waals surface area (Å²) >= 11 is 0. The van der Waals surface area contributed by atoms with Crippen LogP contribution in [0.4, 0.5) is 0 Å². The number of phenolic OH excluding ortho intramolecular Hbond substituents is 1. The Hall–Kier alpha value is -1.71. The third-order valence-corrected chi connectivity index (χ3v) is 1.94. The molecule has 0 saturated carbocycles. The largest absolute Gasteiger partial charge is 0.504 e. The van der Waals surface area contributed by atoms with E-state index < -0.39 is 0 Å². The molecule has 0 bridgehead atoms. The number of esters is 1. The van der Waals surface area contributed by atoms with Gasteiger partial charge in [0.25, 0.3) is 0 Å². The van der Waals surface area contributed by atoms with Gasteiger partial charge in [0.1, 0.15) is 0 Å². The summed E-state index contributed by atoms with van der Waals surface area (Å²) in [5.41, 5.74) is 0.507. The first-order chi connectivity index (χ1) is 7.19. The van der Waals surface area contributed by atoms with Crippen molar-refractivity contribution in [2.24, 2.45) is 0 Å². The Bertz CT molecular complexity index is 346. The number of para-hydroxylation sites is 1. The SMILES string of the molecule is CCOC(=O)Cc1cccc(OC)c1O. The van der Waals surface area contributed by atoms with E-state index in [1.54, 1.807) is 25.1 Å². The molecular weight excluding hydrogens is 196 g/mol. The van der Waals surface area contributed by atoms with Crippen LogP contribution in [0.15, 0.2) is 18.2 Å². The fourth-order valence-electron chi connectivity index (χ4n) is 1.24. The zero-order valence-electron chi connectivity index (χ0n) is 8.82. The molecule has 1 aromatic carbocycles. The number of aromatic hydroxyl groups is 1. The molecular formula is C11H14O4. The minimum Gasteiger partial charge on any atom is -0.504 e. The second-order valence-electron chi connectivity index (χ2n) is 2.95. The molecule has 0 atom stereocenters. The van der Waals surface area contributed by atoms with E-state index in [4.69, 9.17) is 9.47 Å². The van der Waals surface area contributed by atoms with Gasteiger partial charge in [-0.3, -0.25) is 4.79 Å². The van der Waals surface area contributed by atoms with Crippen molar-refractivity contribution in [3.8, 4) is 11.5 Å². The van der Waals surface area contributed by atoms with Gasteiger partial charge in [0.05, 0.1) is 20.1 Å². The summed E-state index contributed by atoms with van der Waals surface area (Å²) in [7, 11) is 1.46. The van der Waals surface area contributed by atoms with Gasteiger partial charge < -0.3 is 14.6 Å². The second kappa shape index (κ2) is 5.24. The van der Waals surface area contributed by atoms with Crippen LogP contribution in [-0.4, -0.2) is 24.8 Å². The van der Waals surface area contributed by atoms with Gasteiger partial charge in [0.15, 0.2) is 11.5 Å². The average molecular weight is 210 g/mol. The fraction of sp³-hybridized carbons (Fsp3) is 0.364. The number of methoxy groups -OCH3 is 1. The van der Waals surface area contributed by atoms with Crippen LogP contribution in [0.25, 0.3) is 0 Å². The zero-order chi connectivity index (χ0) is 11.3. The van der Waals surface area contributed by atoms with E-state index in [-0.39, 0.29) is 18.1 Å². The van der Waals surface area contributed by atoms with Gasteiger partial charge in [0.2, 0.25) is 0 Å². The van der Waals surface area contributed by atoms with Crippen LogP contribution >= 0.6 is 0 Å². The maximum absolute atomic E-state index is 11.2. The molecule has 0 unspecified atom stereocenters. The fourth-order valence-corrected chi connectivity index (χ4v) is 1.24. The molecule has 0 aromatic heterocycles. The van der Waals surface area contributed by atoms with Gasteiger partial charge in [0, 0.05) is 5.56 Å². The highest BCUT2D eigenvalue weighted by Crippen LogP contribution is 2.29. The molecule has 0 fully saturated rings. The normalized spacial score (nSPS) is 9.73. The predicted molar refractivity (Wildman–Crippen MR) is 55.0 cm³/mol. The zero-order valence-corrected chi connectivity index (χ0v) is 8.82. The summed E-state index contributed by atoms with van der Waals surface area (Å²) in [6.45, 7) is 2.08. The lowest BCUT2D eigenvalue weighted by molar-refractivity contribution is -0.142. The molecule has 4 heteroatoms. The van der Waals surface area contributed by atoms with Gasteiger partial charge in [-0.1, -0.05) is 12.1 Å². The molecule has 1 aromatic rings. The topological polar surface area (TPSA) is 55.8 Å². The van der Waals surface area contributed by atoms with Crippen LogP contribution < -0.4 is 4.74 Å². The molecule has 1 N–H and O–H groups in total. The number of carbonyl (C=O) groups excluding carboxylic acids is 1. The smallest absolute Gasteiger partial charge is 0.310 e. The lowest BCUT2D eigenvalue weighted by atomic mass is 10.1. The Morgan fingerprint density at radius 3 is 2.80 bits per heavy atom. The molecule has 0 saturated heterocycles. The molecule has 15 heavy (non-hydrogen) atoms. The highest BCUT2D eigenvalue weighted by molar-refractivity contribution is 5.74. The van der Waals surface area contributed by atoms with Crippen LogP contribution in [-0.2, 0) is 16.0 Å². The van der Waals surface area contributed by atoms with Gasteiger partial charge in [-0.15, -0.1) is 0 Å². The van der Waals surface area contributed by atoms with Crippen molar-refractivity contribution in [1.82, 2.24) is 0 Å². The number of rotatable bonds is 4. The molecule has 0 spiro atoms. The second-order valence-corrected chi connectivity index (χ2v) is 2.95. The Kier molecular flexibility index (Phi) is 3.97. The van der Waals surface area contributed by atoms with Crippen molar-refractivity contribution in [3.05, 3.63) is 23.8 Å². The van der Waals surface area contributed by atoms with E-state index in [9.17, 15) is 9.90 Å². The van der Waals surface area contributed by atoms with Crippen LogP contribution in [0.2, 0.25) is 0 Å². The number of benzene rings is 1. The number of carbonyl (C=O) groups is 1. The average Bonchev–Trinajstić information content (AvgIpc) is 2.21. The summed E-state index contributed by atoms with van der Waals surface area (Å²) in [5.74, 6) is -0.00842. The Balaban J connectivity index is 2.81. The molecule has 0 aliphatic rings. The van der Waals surface area contributed by atoms with E-state index in [1.165, 1.54) is 7.11 Å². The van der Waals surface area contributed by atoms with Gasteiger partial charge >= 0.3 is 5.97 Å². The summed E-state index contributed by atoms with van der Waals surface area (Å²) in [6.07, 6.45) is 0.0525. The molecule has 1 rings (SSSR count). The molecule has 0 heterocycles. The van der Waals surface area contributed by atoms with Crippen molar-refractivity contribution in [2.45, 2.75) is 13.3 Å². The molecule has 0 aliphatic carbocycles. The monoisotopic (exact) mass is 210 g/mol. The molecule has 0 aliphatic heterocycles. The number of phenols is 1. The quantitative estimate of drug-likeness (QED) is 0.765. The third kappa shape index (κ3) is 2.87. The Morgan fingerprint density at radius 1 is 1.47 bits per heavy atom. The standard InChI is InChI=1S/C11H14O4/c1-3-15-10(12)7-8-5-4-6-9(14-2)11(8)13/h4-6,13H,3,7H2,1-2H3. The Morgan fingerprint density at radius 2 is 2.20 bits per heavy atom. The highest BCUT2D eigenvalue weighted by Gasteiger charge is 2.11. The first-order valence-corrected chi connectivity index (χ1v) is 4.69. The summed E-state index contributed by atoms with van der Waals surface area (Å²) in [6, 6.07) is 5.01. The molecule has 82 valence electrons. The third-order valence-electron chi connectivity index (χ3n) is 1.94. The van der Waals surface area contributed by atoms with Crippen molar-refractivity contribution in [3.63, 3.8) is 0 Å². The van der Waals surface area contributed by atoms with Crippen molar-refractivity contribution in [1.29, 1.82) is 0 Å².